The monoisotopic (exact) mass is 701 g/mol. The van der Waals surface area contributed by atoms with Crippen LogP contribution in [0, 0.1) is 11.7 Å². The van der Waals surface area contributed by atoms with Crippen molar-refractivity contribution in [3.05, 3.63) is 95.7 Å². The maximum Gasteiger partial charge on any atom is 0.433 e. The number of fused-ring (bicyclic) bond motifs is 2. The summed E-state index contributed by atoms with van der Waals surface area (Å²) in [6, 6.07) is 18.5. The summed E-state index contributed by atoms with van der Waals surface area (Å²) in [6.45, 7) is 8.70. The van der Waals surface area contributed by atoms with E-state index >= 15 is 0 Å². The lowest BCUT2D eigenvalue weighted by Crippen LogP contribution is -2.33. The molecule has 2 fully saturated rings. The SMILES string of the molecule is CC(C)(C)OC(=O)/N=C\C(Cc1ccc(F)cc1)C(=O)Nc1ncnn2c(C3O[C@H](COC(=O)Cc4ccccc4)[C@H]4OC(C)(C)O[C@@H]34)ccc12. The summed E-state index contributed by atoms with van der Waals surface area (Å²) in [7, 11) is 0. The Bertz CT molecular complexity index is 1910. The number of benzene rings is 2. The van der Waals surface area contributed by atoms with Gasteiger partial charge in [-0.15, -0.1) is 0 Å². The van der Waals surface area contributed by atoms with Crippen molar-refractivity contribution in [2.24, 2.45) is 10.9 Å². The third-order valence-corrected chi connectivity index (χ3v) is 8.22. The highest BCUT2D eigenvalue weighted by molar-refractivity contribution is 6.04. The molecule has 2 aromatic heterocycles. The van der Waals surface area contributed by atoms with Crippen molar-refractivity contribution in [1.29, 1.82) is 0 Å². The number of hydrogen-bond donors (Lipinski definition) is 1. The second kappa shape index (κ2) is 14.7. The smallest absolute Gasteiger partial charge is 0.433 e. The summed E-state index contributed by atoms with van der Waals surface area (Å²) in [4.78, 5) is 46.9. The Morgan fingerprint density at radius 2 is 1.75 bits per heavy atom. The Morgan fingerprint density at radius 1 is 1.02 bits per heavy atom. The molecule has 2 unspecified atom stereocenters. The molecule has 6 rings (SSSR count). The average molecular weight is 702 g/mol. The normalized spacial score (nSPS) is 21.8. The Kier molecular flexibility index (Phi) is 10.3. The van der Waals surface area contributed by atoms with Crippen LogP contribution in [0.15, 0.2) is 78.0 Å². The maximum absolute atomic E-state index is 13.7. The third-order valence-electron chi connectivity index (χ3n) is 8.22. The van der Waals surface area contributed by atoms with Gasteiger partial charge in [0.15, 0.2) is 11.6 Å². The summed E-state index contributed by atoms with van der Waals surface area (Å²) in [5.74, 6) is -2.98. The number of aromatic nitrogens is 3. The van der Waals surface area contributed by atoms with Gasteiger partial charge in [0, 0.05) is 6.21 Å². The topological polar surface area (TPSA) is 152 Å². The van der Waals surface area contributed by atoms with Crippen LogP contribution in [0.5, 0.6) is 0 Å². The largest absolute Gasteiger partial charge is 0.463 e. The molecule has 0 radical (unpaired) electrons. The van der Waals surface area contributed by atoms with Crippen LogP contribution in [0.25, 0.3) is 5.52 Å². The molecule has 2 aliphatic heterocycles. The number of halogens is 1. The Hall–Kier alpha value is -5.05. The van der Waals surface area contributed by atoms with Gasteiger partial charge in [-0.3, -0.25) is 9.59 Å². The molecule has 2 aromatic carbocycles. The van der Waals surface area contributed by atoms with Crippen LogP contribution in [-0.4, -0.2) is 75.1 Å². The van der Waals surface area contributed by atoms with E-state index in [1.54, 1.807) is 63.4 Å². The number of ether oxygens (including phenoxy) is 5. The standard InChI is InChI=1S/C37H40FN5O8/c1-36(2,3)51-35(46)39-19-24(17-23-11-13-25(38)14-12-23)34(45)42-33-27-16-15-26(43(27)41-21-40-33)30-32-31(49-37(4,5)50-32)28(48-30)20-47-29(44)18-22-9-7-6-8-10-22/h6-16,19,21,24,28,30-32H,17-18,20H2,1-5H3,(H,40,41,42,45)/b39-19-/t24?,28-,30?,31-,32+/m1/s1. The minimum atomic E-state index is -0.942. The molecule has 268 valence electrons. The van der Waals surface area contributed by atoms with Gasteiger partial charge in [-0.05, 0) is 76.4 Å². The fourth-order valence-corrected chi connectivity index (χ4v) is 6.04. The quantitative estimate of drug-likeness (QED) is 0.168. The first-order valence-corrected chi connectivity index (χ1v) is 16.6. The van der Waals surface area contributed by atoms with Gasteiger partial charge in [-0.25, -0.2) is 18.7 Å². The number of esters is 1. The van der Waals surface area contributed by atoms with Gasteiger partial charge >= 0.3 is 12.1 Å². The minimum absolute atomic E-state index is 0.0390. The molecule has 2 amide bonds. The first kappa shape index (κ1) is 35.8. The number of hydrogen-bond acceptors (Lipinski definition) is 10. The fraction of sp³-hybridized carbons (Fsp3) is 0.405. The molecule has 0 aliphatic carbocycles. The molecule has 5 atom stereocenters. The molecule has 1 N–H and O–H groups in total. The van der Waals surface area contributed by atoms with Crippen molar-refractivity contribution in [3.8, 4) is 0 Å². The van der Waals surface area contributed by atoms with Crippen LogP contribution >= 0.6 is 0 Å². The predicted octanol–water partition coefficient (Wildman–Crippen LogP) is 5.42. The lowest BCUT2D eigenvalue weighted by atomic mass is 9.99. The van der Waals surface area contributed by atoms with E-state index in [1.807, 2.05) is 30.3 Å². The van der Waals surface area contributed by atoms with Crippen LogP contribution in [0.1, 0.15) is 57.5 Å². The van der Waals surface area contributed by atoms with E-state index in [1.165, 1.54) is 24.7 Å². The van der Waals surface area contributed by atoms with Crippen molar-refractivity contribution in [2.75, 3.05) is 11.9 Å². The molecular weight excluding hydrogens is 661 g/mol. The zero-order chi connectivity index (χ0) is 36.3. The number of aliphatic imine (C=N–C) groups is 1. The molecule has 14 heteroatoms. The molecule has 0 saturated carbocycles. The molecule has 2 aliphatic rings. The lowest BCUT2D eigenvalue weighted by molar-refractivity contribution is -0.194. The highest BCUT2D eigenvalue weighted by Crippen LogP contribution is 2.45. The van der Waals surface area contributed by atoms with Gasteiger partial charge in [-0.2, -0.15) is 10.1 Å². The van der Waals surface area contributed by atoms with Crippen LogP contribution in [0.3, 0.4) is 0 Å². The Balaban J connectivity index is 1.20. The summed E-state index contributed by atoms with van der Waals surface area (Å²) in [6.07, 6.45) is -0.456. The summed E-state index contributed by atoms with van der Waals surface area (Å²) in [5.41, 5.74) is 1.78. The number of rotatable bonds is 10. The second-order valence-corrected chi connectivity index (χ2v) is 13.9. The molecule has 13 nitrogen and oxygen atoms in total. The van der Waals surface area contributed by atoms with Crippen molar-refractivity contribution < 1.29 is 42.5 Å². The van der Waals surface area contributed by atoms with Crippen molar-refractivity contribution in [1.82, 2.24) is 14.6 Å². The van der Waals surface area contributed by atoms with E-state index < -0.39 is 65.5 Å². The van der Waals surface area contributed by atoms with Gasteiger partial charge in [0.2, 0.25) is 5.91 Å². The van der Waals surface area contributed by atoms with E-state index in [9.17, 15) is 18.8 Å². The summed E-state index contributed by atoms with van der Waals surface area (Å²) < 4.78 is 44.9. The van der Waals surface area contributed by atoms with Gasteiger partial charge in [-0.1, -0.05) is 42.5 Å². The third kappa shape index (κ3) is 8.82. The first-order valence-electron chi connectivity index (χ1n) is 16.6. The second-order valence-electron chi connectivity index (χ2n) is 13.9. The number of nitrogens with one attached hydrogen (secondary N) is 1. The fourth-order valence-electron chi connectivity index (χ4n) is 6.04. The number of carbonyl (C=O) groups is 3. The van der Waals surface area contributed by atoms with E-state index in [0.29, 0.717) is 16.8 Å². The number of carbonyl (C=O) groups excluding carboxylic acids is 3. The molecule has 4 heterocycles. The van der Waals surface area contributed by atoms with E-state index in [-0.39, 0.29) is 25.3 Å². The first-order chi connectivity index (χ1) is 24.2. The maximum atomic E-state index is 13.7. The molecule has 0 spiro atoms. The van der Waals surface area contributed by atoms with Crippen molar-refractivity contribution in [3.63, 3.8) is 0 Å². The molecule has 2 saturated heterocycles. The van der Waals surface area contributed by atoms with Crippen LogP contribution in [0.2, 0.25) is 0 Å². The van der Waals surface area contributed by atoms with Crippen LogP contribution < -0.4 is 5.32 Å². The van der Waals surface area contributed by atoms with Crippen LogP contribution in [-0.2, 0) is 46.1 Å². The lowest BCUT2D eigenvalue weighted by Gasteiger charge is -2.24. The summed E-state index contributed by atoms with van der Waals surface area (Å²) >= 11 is 0. The van der Waals surface area contributed by atoms with E-state index in [0.717, 1.165) is 5.56 Å². The highest BCUT2D eigenvalue weighted by Gasteiger charge is 2.56. The number of anilines is 1. The van der Waals surface area contributed by atoms with Crippen molar-refractivity contribution >= 4 is 35.5 Å². The molecule has 51 heavy (non-hydrogen) atoms. The highest BCUT2D eigenvalue weighted by atomic mass is 19.1. The molecular formula is C37H40FN5O8. The van der Waals surface area contributed by atoms with Crippen molar-refractivity contribution in [2.45, 2.75) is 83.3 Å². The minimum Gasteiger partial charge on any atom is -0.463 e. The Morgan fingerprint density at radius 3 is 2.47 bits per heavy atom. The molecule has 0 bridgehead atoms. The summed E-state index contributed by atoms with van der Waals surface area (Å²) in [5, 5.41) is 7.27. The average Bonchev–Trinajstić information content (AvgIpc) is 3.73. The van der Waals surface area contributed by atoms with Gasteiger partial charge in [0.25, 0.3) is 0 Å². The van der Waals surface area contributed by atoms with Gasteiger partial charge < -0.3 is 29.0 Å². The number of nitrogens with zero attached hydrogens (tertiary/aromatic N) is 4. The van der Waals surface area contributed by atoms with E-state index in [4.69, 9.17) is 23.7 Å². The van der Waals surface area contributed by atoms with E-state index in [2.05, 4.69) is 20.4 Å². The molecule has 4 aromatic rings. The van der Waals surface area contributed by atoms with Gasteiger partial charge in [0.1, 0.15) is 54.3 Å². The van der Waals surface area contributed by atoms with Crippen LogP contribution in [0.4, 0.5) is 15.0 Å². The Labute approximate surface area is 294 Å². The zero-order valence-electron chi connectivity index (χ0n) is 28.9. The zero-order valence-corrected chi connectivity index (χ0v) is 28.9. The predicted molar refractivity (Wildman–Crippen MR) is 182 cm³/mol. The number of amides is 2. The van der Waals surface area contributed by atoms with Gasteiger partial charge in [0.05, 0.1) is 18.0 Å².